The molecule has 0 aliphatic carbocycles. The van der Waals surface area contributed by atoms with Gasteiger partial charge in [0.1, 0.15) is 30.2 Å². The van der Waals surface area contributed by atoms with E-state index >= 15 is 0 Å². The van der Waals surface area contributed by atoms with Gasteiger partial charge in [-0.05, 0) is 67.0 Å². The highest BCUT2D eigenvalue weighted by atomic mass is 16.2. The molecule has 13 heteroatoms. The summed E-state index contributed by atoms with van der Waals surface area (Å²) >= 11 is 0. The molecule has 0 saturated carbocycles. The molecular formula is C49H79N7O6. The fourth-order valence-corrected chi connectivity index (χ4v) is 8.54. The van der Waals surface area contributed by atoms with Gasteiger partial charge in [0.25, 0.3) is 0 Å². The average molecular weight is 862 g/mol. The molecule has 346 valence electrons. The molecule has 2 aromatic rings. The lowest BCUT2D eigenvalue weighted by atomic mass is 9.93. The predicted molar refractivity (Wildman–Crippen MR) is 248 cm³/mol. The normalized spacial score (nSPS) is 14.5. The summed E-state index contributed by atoms with van der Waals surface area (Å²) in [7, 11) is 9.71. The minimum absolute atomic E-state index is 0.00260. The van der Waals surface area contributed by atoms with Gasteiger partial charge in [-0.15, -0.1) is 0 Å². The number of carbonyl (C=O) groups is 6. The first-order valence-corrected chi connectivity index (χ1v) is 22.4. The summed E-state index contributed by atoms with van der Waals surface area (Å²) in [5, 5.41) is 6.12. The molecule has 2 aromatic carbocycles. The maximum atomic E-state index is 14.8. The van der Waals surface area contributed by atoms with Crippen LogP contribution in [0.15, 0.2) is 60.7 Å². The van der Waals surface area contributed by atoms with Crippen molar-refractivity contribution in [1.82, 2.24) is 35.1 Å². The third-order valence-corrected chi connectivity index (χ3v) is 11.9. The molecule has 6 amide bonds. The minimum atomic E-state index is -0.980. The van der Waals surface area contributed by atoms with Gasteiger partial charge in [-0.3, -0.25) is 28.8 Å². The van der Waals surface area contributed by atoms with E-state index in [0.717, 1.165) is 11.1 Å². The Morgan fingerprint density at radius 1 is 0.484 bits per heavy atom. The summed E-state index contributed by atoms with van der Waals surface area (Å²) in [5.74, 6) is -3.30. The number of likely N-dealkylation sites (N-methyl/N-ethyl adjacent to an activating group) is 6. The quantitative estimate of drug-likeness (QED) is 0.161. The van der Waals surface area contributed by atoms with Crippen LogP contribution in [0.5, 0.6) is 0 Å². The molecule has 0 aliphatic rings. The highest BCUT2D eigenvalue weighted by molar-refractivity contribution is 5.97. The van der Waals surface area contributed by atoms with Crippen LogP contribution >= 0.6 is 0 Å². The molecule has 2 rings (SSSR count). The maximum Gasteiger partial charge on any atom is 0.246 e. The summed E-state index contributed by atoms with van der Waals surface area (Å²) in [6, 6.07) is 14.4. The summed E-state index contributed by atoms with van der Waals surface area (Å²) in [6.45, 7) is 19.3. The molecular weight excluding hydrogens is 783 g/mol. The average Bonchev–Trinajstić information content (AvgIpc) is 3.21. The number of benzene rings is 2. The van der Waals surface area contributed by atoms with Crippen LogP contribution in [-0.4, -0.2) is 145 Å². The molecule has 0 heterocycles. The summed E-state index contributed by atoms with van der Waals surface area (Å²) < 4.78 is 0. The highest BCUT2D eigenvalue weighted by Gasteiger charge is 2.44. The number of hydrogen-bond acceptors (Lipinski definition) is 7. The number of rotatable bonds is 23. The van der Waals surface area contributed by atoms with Crippen molar-refractivity contribution < 1.29 is 28.8 Å². The van der Waals surface area contributed by atoms with Gasteiger partial charge in [-0.2, -0.15) is 0 Å². The van der Waals surface area contributed by atoms with Gasteiger partial charge in [0, 0.05) is 41.8 Å². The van der Waals surface area contributed by atoms with Crippen molar-refractivity contribution in [1.29, 1.82) is 0 Å². The largest absolute Gasteiger partial charge is 0.354 e. The van der Waals surface area contributed by atoms with E-state index in [1.165, 1.54) is 24.5 Å². The Morgan fingerprint density at radius 2 is 0.855 bits per heavy atom. The van der Waals surface area contributed by atoms with Crippen LogP contribution in [0.3, 0.4) is 0 Å². The number of nitrogens with one attached hydrogen (secondary N) is 2. The van der Waals surface area contributed by atoms with E-state index in [4.69, 9.17) is 0 Å². The molecule has 2 N–H and O–H groups in total. The lowest BCUT2D eigenvalue weighted by Crippen LogP contribution is -2.62. The fourth-order valence-electron chi connectivity index (χ4n) is 8.54. The van der Waals surface area contributed by atoms with Crippen LogP contribution in [0, 0.1) is 29.6 Å². The third-order valence-electron chi connectivity index (χ3n) is 11.9. The van der Waals surface area contributed by atoms with Gasteiger partial charge in [-0.1, -0.05) is 130 Å². The van der Waals surface area contributed by atoms with Crippen molar-refractivity contribution in [2.24, 2.45) is 29.6 Å². The number of carbonyl (C=O) groups excluding carboxylic acids is 6. The molecule has 0 saturated heterocycles. The highest BCUT2D eigenvalue weighted by Crippen LogP contribution is 2.25. The van der Waals surface area contributed by atoms with E-state index in [1.807, 2.05) is 130 Å². The second kappa shape index (κ2) is 24.8. The lowest BCUT2D eigenvalue weighted by Gasteiger charge is -2.42. The smallest absolute Gasteiger partial charge is 0.246 e. The predicted octanol–water partition coefficient (Wildman–Crippen LogP) is 4.98. The monoisotopic (exact) mass is 862 g/mol. The number of nitrogens with zero attached hydrogens (tertiary/aromatic N) is 5. The first kappa shape index (κ1) is 53.4. The molecule has 0 aromatic heterocycles. The number of amides is 6. The summed E-state index contributed by atoms with van der Waals surface area (Å²) in [6.07, 6.45) is 1.40. The van der Waals surface area contributed by atoms with Gasteiger partial charge in [-0.25, -0.2) is 0 Å². The van der Waals surface area contributed by atoms with Gasteiger partial charge in [0.05, 0.1) is 6.04 Å². The molecule has 0 bridgehead atoms. The van der Waals surface area contributed by atoms with Crippen molar-refractivity contribution in [3.63, 3.8) is 0 Å². The van der Waals surface area contributed by atoms with Crippen molar-refractivity contribution in [3.8, 4) is 0 Å². The molecule has 13 nitrogen and oxygen atoms in total. The van der Waals surface area contributed by atoms with Crippen molar-refractivity contribution in [2.45, 2.75) is 125 Å². The second-order valence-corrected chi connectivity index (χ2v) is 18.7. The fraction of sp³-hybridized carbons (Fsp3) is 0.633. The first-order valence-electron chi connectivity index (χ1n) is 22.4. The van der Waals surface area contributed by atoms with Crippen molar-refractivity contribution in [3.05, 3.63) is 71.8 Å². The van der Waals surface area contributed by atoms with E-state index in [9.17, 15) is 28.8 Å². The lowest BCUT2D eigenvalue weighted by molar-refractivity contribution is -0.158. The Balaban J connectivity index is 2.39. The molecule has 0 unspecified atom stereocenters. The summed E-state index contributed by atoms with van der Waals surface area (Å²) in [4.78, 5) is 93.2. The Hall–Kier alpha value is -4.78. The van der Waals surface area contributed by atoms with Crippen molar-refractivity contribution in [2.75, 3.05) is 48.8 Å². The molecule has 62 heavy (non-hydrogen) atoms. The zero-order valence-corrected chi connectivity index (χ0v) is 40.6. The zero-order chi connectivity index (χ0) is 47.2. The van der Waals surface area contributed by atoms with Crippen LogP contribution in [0.2, 0.25) is 0 Å². The standard InChI is InChI=1S/C49H79N7O6/c1-31(2)29-39(52(12)47(60)41(33(5)6)54(14)45(58)38(50-11)30-37-25-21-18-22-26-37)46(59)55(15)42(34(7)8)49(62)56(16)43(35(9)10)48(61)53(13)40(32(3)4)44(57)51-28-27-36-23-19-17-20-24-36/h17-26,31-35,38-43,50H,27-30H2,1-16H3,(H,51,57)/t38-,39-,40-,41-,42-,43-/m0/s1. The van der Waals surface area contributed by atoms with Crippen LogP contribution in [-0.2, 0) is 41.6 Å². The van der Waals surface area contributed by atoms with Crippen LogP contribution in [0.25, 0.3) is 0 Å². The zero-order valence-electron chi connectivity index (χ0n) is 40.6. The Bertz CT molecular complexity index is 1750. The Kier molecular flexibility index (Phi) is 21.3. The van der Waals surface area contributed by atoms with Gasteiger partial charge in [0.2, 0.25) is 35.4 Å². The van der Waals surface area contributed by atoms with Gasteiger partial charge in [0.15, 0.2) is 0 Å². The molecule has 0 spiro atoms. The van der Waals surface area contributed by atoms with Crippen LogP contribution < -0.4 is 10.6 Å². The first-order chi connectivity index (χ1) is 29.0. The Labute approximate surface area is 373 Å². The third kappa shape index (κ3) is 14.1. The van der Waals surface area contributed by atoms with E-state index < -0.39 is 48.1 Å². The van der Waals surface area contributed by atoms with E-state index in [-0.39, 0.29) is 53.2 Å². The van der Waals surface area contributed by atoms with Crippen LogP contribution in [0.4, 0.5) is 0 Å². The molecule has 0 radical (unpaired) electrons. The SMILES string of the molecule is CN[C@@H](Cc1ccccc1)C(=O)N(C)[C@H](C(=O)N(C)[C@@H](CC(C)C)C(=O)N(C)[C@H](C(=O)N(C)[C@H](C(=O)N(C)[C@H](C(=O)NCCc1ccccc1)C(C)C)C(C)C)C(C)C)C(C)C. The van der Waals surface area contributed by atoms with Crippen molar-refractivity contribution >= 4 is 35.4 Å². The number of hydrogen-bond donors (Lipinski definition) is 2. The van der Waals surface area contributed by atoms with E-state index in [1.54, 1.807) is 42.3 Å². The van der Waals surface area contributed by atoms with Gasteiger partial charge < -0.3 is 35.1 Å². The van der Waals surface area contributed by atoms with Gasteiger partial charge >= 0.3 is 0 Å². The maximum absolute atomic E-state index is 14.8. The topological polar surface area (TPSA) is 143 Å². The van der Waals surface area contributed by atoms with E-state index in [2.05, 4.69) is 10.6 Å². The van der Waals surface area contributed by atoms with Crippen LogP contribution in [0.1, 0.15) is 86.8 Å². The Morgan fingerprint density at radius 3 is 1.26 bits per heavy atom. The summed E-state index contributed by atoms with van der Waals surface area (Å²) in [5.41, 5.74) is 2.07. The molecule has 6 atom stereocenters. The van der Waals surface area contributed by atoms with E-state index in [0.29, 0.717) is 25.8 Å². The molecule has 0 fully saturated rings. The second-order valence-electron chi connectivity index (χ2n) is 18.7. The minimum Gasteiger partial charge on any atom is -0.354 e. The molecule has 0 aliphatic heterocycles.